The van der Waals surface area contributed by atoms with E-state index in [1.807, 2.05) is 12.1 Å². The van der Waals surface area contributed by atoms with Crippen LogP contribution in [-0.2, 0) is 4.74 Å². The molecular formula is C21H30N4O3. The summed E-state index contributed by atoms with van der Waals surface area (Å²) in [6, 6.07) is 4.01. The summed E-state index contributed by atoms with van der Waals surface area (Å²) >= 11 is 0. The number of aromatic nitrogens is 3. The third kappa shape index (κ3) is 4.52. The lowest BCUT2D eigenvalue weighted by atomic mass is 9.89. The fourth-order valence-electron chi connectivity index (χ4n) is 4.40. The van der Waals surface area contributed by atoms with Crippen LogP contribution >= 0.6 is 0 Å². The van der Waals surface area contributed by atoms with E-state index in [-0.39, 0.29) is 6.04 Å². The Kier molecular flexibility index (Phi) is 6.54. The van der Waals surface area contributed by atoms with Crippen LogP contribution in [0, 0.1) is 5.92 Å². The monoisotopic (exact) mass is 386 g/mol. The predicted octanol–water partition coefficient (Wildman–Crippen LogP) is 3.87. The maximum Gasteiger partial charge on any atom is 0.244 e. The lowest BCUT2D eigenvalue weighted by Crippen LogP contribution is -2.30. The smallest absolute Gasteiger partial charge is 0.244 e. The van der Waals surface area contributed by atoms with Gasteiger partial charge in [0.25, 0.3) is 0 Å². The molecule has 0 radical (unpaired) electrons. The van der Waals surface area contributed by atoms with Crippen LogP contribution in [0.15, 0.2) is 22.9 Å². The van der Waals surface area contributed by atoms with Gasteiger partial charge in [0, 0.05) is 19.9 Å². The predicted molar refractivity (Wildman–Crippen MR) is 105 cm³/mol. The van der Waals surface area contributed by atoms with Gasteiger partial charge in [-0.2, -0.15) is 4.98 Å². The van der Waals surface area contributed by atoms with E-state index in [9.17, 15) is 0 Å². The third-order valence-electron chi connectivity index (χ3n) is 5.85. The summed E-state index contributed by atoms with van der Waals surface area (Å²) in [4.78, 5) is 11.6. The van der Waals surface area contributed by atoms with Gasteiger partial charge in [0.05, 0.1) is 18.2 Å². The molecule has 0 spiro atoms. The molecule has 3 heterocycles. The molecule has 0 unspecified atom stereocenters. The van der Waals surface area contributed by atoms with E-state index in [1.54, 1.807) is 13.3 Å². The van der Waals surface area contributed by atoms with Crippen molar-refractivity contribution >= 4 is 0 Å². The largest absolute Gasteiger partial charge is 0.475 e. The molecule has 1 atom stereocenters. The Morgan fingerprint density at radius 1 is 1.14 bits per heavy atom. The van der Waals surface area contributed by atoms with Crippen molar-refractivity contribution < 1.29 is 14.0 Å². The minimum atomic E-state index is 0.234. The van der Waals surface area contributed by atoms with Crippen molar-refractivity contribution in [1.29, 1.82) is 0 Å². The Labute approximate surface area is 166 Å². The number of rotatable bonds is 8. The van der Waals surface area contributed by atoms with Crippen molar-refractivity contribution in [2.45, 2.75) is 51.0 Å². The van der Waals surface area contributed by atoms with Gasteiger partial charge >= 0.3 is 0 Å². The zero-order chi connectivity index (χ0) is 19.2. The molecule has 152 valence electrons. The normalized spacial score (nSPS) is 21.2. The number of ether oxygens (including phenoxy) is 2. The molecule has 1 saturated heterocycles. The maximum atomic E-state index is 5.72. The fourth-order valence-corrected chi connectivity index (χ4v) is 4.40. The first kappa shape index (κ1) is 19.3. The highest BCUT2D eigenvalue weighted by Crippen LogP contribution is 2.35. The Bertz CT molecular complexity index is 745. The van der Waals surface area contributed by atoms with Crippen LogP contribution in [0.4, 0.5) is 0 Å². The second-order valence-corrected chi connectivity index (χ2v) is 7.81. The van der Waals surface area contributed by atoms with Crippen molar-refractivity contribution in [2.24, 2.45) is 5.92 Å². The molecule has 1 aliphatic heterocycles. The summed E-state index contributed by atoms with van der Waals surface area (Å²) < 4.78 is 16.5. The van der Waals surface area contributed by atoms with Crippen LogP contribution in [-0.4, -0.2) is 53.4 Å². The van der Waals surface area contributed by atoms with Crippen LogP contribution in [0.2, 0.25) is 0 Å². The lowest BCUT2D eigenvalue weighted by Gasteiger charge is -2.29. The summed E-state index contributed by atoms with van der Waals surface area (Å²) in [6.07, 6.45) is 10.8. The topological polar surface area (TPSA) is 73.5 Å². The Morgan fingerprint density at radius 2 is 2.04 bits per heavy atom. The van der Waals surface area contributed by atoms with Crippen LogP contribution in [0.25, 0.3) is 11.4 Å². The average molecular weight is 386 g/mol. The van der Waals surface area contributed by atoms with Crippen LogP contribution in [0.1, 0.15) is 56.9 Å². The molecule has 2 aromatic rings. The minimum absolute atomic E-state index is 0.234. The van der Waals surface area contributed by atoms with Gasteiger partial charge in [-0.25, -0.2) is 4.98 Å². The molecule has 2 aliphatic rings. The van der Waals surface area contributed by atoms with Gasteiger partial charge in [-0.3, -0.25) is 4.90 Å². The van der Waals surface area contributed by atoms with Gasteiger partial charge in [0.15, 0.2) is 0 Å². The summed E-state index contributed by atoms with van der Waals surface area (Å²) in [5.41, 5.74) is 0.755. The molecule has 0 amide bonds. The van der Waals surface area contributed by atoms with Gasteiger partial charge in [-0.1, -0.05) is 24.4 Å². The van der Waals surface area contributed by atoms with Crippen molar-refractivity contribution in [2.75, 3.05) is 33.4 Å². The molecule has 0 N–H and O–H groups in total. The quantitative estimate of drug-likeness (QED) is 0.638. The zero-order valence-electron chi connectivity index (χ0n) is 16.7. The van der Waals surface area contributed by atoms with Gasteiger partial charge < -0.3 is 14.0 Å². The van der Waals surface area contributed by atoms with E-state index in [1.165, 1.54) is 38.5 Å². The van der Waals surface area contributed by atoms with E-state index in [0.29, 0.717) is 24.9 Å². The van der Waals surface area contributed by atoms with Gasteiger partial charge in [-0.05, 0) is 50.3 Å². The van der Waals surface area contributed by atoms with E-state index >= 15 is 0 Å². The highest BCUT2D eigenvalue weighted by atomic mass is 16.5. The summed E-state index contributed by atoms with van der Waals surface area (Å²) in [7, 11) is 1.65. The molecule has 4 rings (SSSR count). The van der Waals surface area contributed by atoms with Crippen molar-refractivity contribution in [3.63, 3.8) is 0 Å². The molecular weight excluding hydrogens is 356 g/mol. The second-order valence-electron chi connectivity index (χ2n) is 7.81. The molecule has 2 fully saturated rings. The number of methoxy groups -OCH3 is 1. The molecule has 7 heteroatoms. The first-order valence-electron chi connectivity index (χ1n) is 10.5. The first-order valence-corrected chi connectivity index (χ1v) is 10.5. The fraction of sp³-hybridized carbons (Fsp3) is 0.667. The standard InChI is InChI=1S/C21H30N4O3/c1-26-13-14-27-20-17(9-5-11-22-20)19-23-21(28-24-19)18-10-6-12-25(18)15-16-7-3-2-4-8-16/h5,9,11,16,18H,2-4,6-8,10,12-15H2,1H3/t18-/m1/s1. The van der Waals surface area contributed by atoms with Gasteiger partial charge in [0.2, 0.25) is 17.6 Å². The molecule has 0 bridgehead atoms. The van der Waals surface area contributed by atoms with E-state index in [2.05, 4.69) is 15.0 Å². The average Bonchev–Trinajstić information content (AvgIpc) is 3.39. The maximum absolute atomic E-state index is 5.72. The van der Waals surface area contributed by atoms with Gasteiger partial charge in [0.1, 0.15) is 6.61 Å². The number of pyridine rings is 1. The van der Waals surface area contributed by atoms with Crippen molar-refractivity contribution in [3.8, 4) is 17.3 Å². The highest BCUT2D eigenvalue weighted by molar-refractivity contribution is 5.60. The lowest BCUT2D eigenvalue weighted by molar-refractivity contribution is 0.144. The number of hydrogen-bond donors (Lipinski definition) is 0. The first-order chi connectivity index (χ1) is 13.8. The zero-order valence-corrected chi connectivity index (χ0v) is 16.7. The van der Waals surface area contributed by atoms with Crippen molar-refractivity contribution in [1.82, 2.24) is 20.0 Å². The second kappa shape index (κ2) is 9.47. The van der Waals surface area contributed by atoms with Crippen LogP contribution in [0.3, 0.4) is 0 Å². The third-order valence-corrected chi connectivity index (χ3v) is 5.85. The van der Waals surface area contributed by atoms with E-state index < -0.39 is 0 Å². The van der Waals surface area contributed by atoms with Crippen LogP contribution < -0.4 is 4.74 Å². The molecule has 0 aromatic carbocycles. The SMILES string of the molecule is COCCOc1ncccc1-c1noc([C@H]2CCCN2CC2CCCCC2)n1. The molecule has 1 aliphatic carbocycles. The summed E-state index contributed by atoms with van der Waals surface area (Å²) in [5.74, 6) is 2.59. The molecule has 7 nitrogen and oxygen atoms in total. The van der Waals surface area contributed by atoms with Crippen molar-refractivity contribution in [3.05, 3.63) is 24.2 Å². The van der Waals surface area contributed by atoms with Crippen LogP contribution in [0.5, 0.6) is 5.88 Å². The Morgan fingerprint density at radius 3 is 2.89 bits per heavy atom. The summed E-state index contributed by atoms with van der Waals surface area (Å²) in [6.45, 7) is 3.21. The Balaban J connectivity index is 1.46. The highest BCUT2D eigenvalue weighted by Gasteiger charge is 2.32. The van der Waals surface area contributed by atoms with E-state index in [4.69, 9.17) is 19.0 Å². The Hall–Kier alpha value is -1.99. The number of nitrogens with zero attached hydrogens (tertiary/aromatic N) is 4. The number of likely N-dealkylation sites (tertiary alicyclic amines) is 1. The van der Waals surface area contributed by atoms with E-state index in [0.717, 1.165) is 36.9 Å². The molecule has 1 saturated carbocycles. The number of hydrogen-bond acceptors (Lipinski definition) is 7. The minimum Gasteiger partial charge on any atom is -0.475 e. The summed E-state index contributed by atoms with van der Waals surface area (Å²) in [5, 5.41) is 4.24. The molecule has 2 aromatic heterocycles. The molecule has 28 heavy (non-hydrogen) atoms. The van der Waals surface area contributed by atoms with Gasteiger partial charge in [-0.15, -0.1) is 0 Å².